The maximum absolute atomic E-state index is 12.8. The molecule has 7 heteroatoms. The SMILES string of the molecule is CCCCCCCCC(CCCCCCCC)OC(=O)CCCCCCCN(CCCCCOC)CCCCCC(=O)OCCCCCCCCCCCF. The molecule has 0 aliphatic heterocycles. The average Bonchev–Trinajstić information content (AvgIpc) is 3.18. The topological polar surface area (TPSA) is 65.1 Å². The van der Waals surface area contributed by atoms with Crippen molar-refractivity contribution in [2.45, 2.75) is 251 Å². The Morgan fingerprint density at radius 1 is 0.455 bits per heavy atom. The summed E-state index contributed by atoms with van der Waals surface area (Å²) in [5.41, 5.74) is 0. The summed E-state index contributed by atoms with van der Waals surface area (Å²) in [5.74, 6) is -0.0204. The number of alkyl halides is 1. The third-order valence-electron chi connectivity index (χ3n) is 11.1. The van der Waals surface area contributed by atoms with Crippen molar-refractivity contribution < 1.29 is 28.2 Å². The number of methoxy groups -OCH3 is 1. The first kappa shape index (κ1) is 53.8. The van der Waals surface area contributed by atoms with E-state index in [4.69, 9.17) is 14.2 Å². The third-order valence-corrected chi connectivity index (χ3v) is 11.1. The molecule has 0 unspecified atom stereocenters. The number of halogens is 1. The summed E-state index contributed by atoms with van der Waals surface area (Å²) in [6.07, 6.45) is 40.8. The van der Waals surface area contributed by atoms with Gasteiger partial charge in [-0.15, -0.1) is 0 Å². The summed E-state index contributed by atoms with van der Waals surface area (Å²) >= 11 is 0. The number of ether oxygens (including phenoxy) is 3. The molecule has 0 N–H and O–H groups in total. The van der Waals surface area contributed by atoms with Gasteiger partial charge in [-0.1, -0.05) is 149 Å². The van der Waals surface area contributed by atoms with E-state index in [1.54, 1.807) is 7.11 Å². The molecule has 0 spiro atoms. The van der Waals surface area contributed by atoms with E-state index in [2.05, 4.69) is 18.7 Å². The minimum absolute atomic E-state index is 0.0238. The van der Waals surface area contributed by atoms with Gasteiger partial charge in [0.25, 0.3) is 0 Å². The molecular formula is C48H94FNO5. The highest BCUT2D eigenvalue weighted by atomic mass is 19.1. The second-order valence-corrected chi connectivity index (χ2v) is 16.5. The smallest absolute Gasteiger partial charge is 0.306 e. The first-order valence-corrected chi connectivity index (χ1v) is 24.2. The van der Waals surface area contributed by atoms with Crippen molar-refractivity contribution in [1.29, 1.82) is 0 Å². The molecule has 0 aromatic rings. The van der Waals surface area contributed by atoms with E-state index in [0.717, 1.165) is 103 Å². The van der Waals surface area contributed by atoms with E-state index in [0.29, 0.717) is 25.9 Å². The Balaban J connectivity index is 4.21. The lowest BCUT2D eigenvalue weighted by Gasteiger charge is -2.22. The molecule has 0 fully saturated rings. The summed E-state index contributed by atoms with van der Waals surface area (Å²) in [5, 5.41) is 0. The molecule has 328 valence electrons. The van der Waals surface area contributed by atoms with Gasteiger partial charge in [0.15, 0.2) is 0 Å². The Hall–Kier alpha value is -1.21. The molecule has 0 amide bonds. The van der Waals surface area contributed by atoms with Crippen molar-refractivity contribution in [2.75, 3.05) is 46.6 Å². The van der Waals surface area contributed by atoms with E-state index in [1.165, 1.54) is 135 Å². The Labute approximate surface area is 341 Å². The molecule has 0 saturated heterocycles. The second kappa shape index (κ2) is 45.5. The predicted molar refractivity (Wildman–Crippen MR) is 233 cm³/mol. The van der Waals surface area contributed by atoms with Crippen LogP contribution in [0.3, 0.4) is 0 Å². The summed E-state index contributed by atoms with van der Waals surface area (Å²) in [6, 6.07) is 0. The van der Waals surface area contributed by atoms with Gasteiger partial charge in [-0.25, -0.2) is 0 Å². The fourth-order valence-electron chi connectivity index (χ4n) is 7.51. The van der Waals surface area contributed by atoms with Crippen LogP contribution < -0.4 is 0 Å². The average molecular weight is 784 g/mol. The molecule has 0 saturated carbocycles. The van der Waals surface area contributed by atoms with Gasteiger partial charge in [0.05, 0.1) is 13.3 Å². The van der Waals surface area contributed by atoms with Crippen LogP contribution in [0.2, 0.25) is 0 Å². The lowest BCUT2D eigenvalue weighted by atomic mass is 10.0. The minimum atomic E-state index is -0.184. The van der Waals surface area contributed by atoms with Gasteiger partial charge in [-0.3, -0.25) is 14.0 Å². The first-order chi connectivity index (χ1) is 27.1. The van der Waals surface area contributed by atoms with Crippen molar-refractivity contribution in [3.8, 4) is 0 Å². The zero-order valence-corrected chi connectivity index (χ0v) is 37.1. The maximum Gasteiger partial charge on any atom is 0.306 e. The van der Waals surface area contributed by atoms with Crippen molar-refractivity contribution in [1.82, 2.24) is 4.90 Å². The fourth-order valence-corrected chi connectivity index (χ4v) is 7.51. The summed E-state index contributed by atoms with van der Waals surface area (Å²) < 4.78 is 28.9. The van der Waals surface area contributed by atoms with Crippen LogP contribution >= 0.6 is 0 Å². The monoisotopic (exact) mass is 784 g/mol. The predicted octanol–water partition coefficient (Wildman–Crippen LogP) is 14.4. The Morgan fingerprint density at radius 2 is 0.836 bits per heavy atom. The molecular weight excluding hydrogens is 690 g/mol. The molecule has 0 radical (unpaired) electrons. The number of carbonyl (C=O) groups is 2. The van der Waals surface area contributed by atoms with Gasteiger partial charge >= 0.3 is 11.9 Å². The standard InChI is InChI=1S/C48H94FNO5/c1-4-6-8-10-18-26-36-46(37-27-19-11-9-7-5-2)55-48(52)39-28-20-17-22-31-41-50(43-33-25-34-44-53-3)42-32-24-29-38-47(51)54-45-35-23-16-14-12-13-15-21-30-40-49/h46H,4-45H2,1-3H3. The molecule has 0 rings (SSSR count). The highest BCUT2D eigenvalue weighted by molar-refractivity contribution is 5.69. The maximum atomic E-state index is 12.8. The second-order valence-electron chi connectivity index (χ2n) is 16.5. The van der Waals surface area contributed by atoms with E-state index < -0.39 is 0 Å². The number of esters is 2. The van der Waals surface area contributed by atoms with Crippen LogP contribution in [0.15, 0.2) is 0 Å². The van der Waals surface area contributed by atoms with Crippen molar-refractivity contribution in [3.05, 3.63) is 0 Å². The molecule has 55 heavy (non-hydrogen) atoms. The van der Waals surface area contributed by atoms with Gasteiger partial charge in [0.1, 0.15) is 6.10 Å². The highest BCUT2D eigenvalue weighted by Crippen LogP contribution is 2.19. The number of nitrogens with zero attached hydrogens (tertiary/aromatic N) is 1. The van der Waals surface area contributed by atoms with Crippen LogP contribution in [0.1, 0.15) is 245 Å². The van der Waals surface area contributed by atoms with Crippen molar-refractivity contribution in [3.63, 3.8) is 0 Å². The Bertz CT molecular complexity index is 767. The van der Waals surface area contributed by atoms with Gasteiger partial charge in [-0.2, -0.15) is 0 Å². The van der Waals surface area contributed by atoms with Gasteiger partial charge < -0.3 is 19.1 Å². The Morgan fingerprint density at radius 3 is 1.35 bits per heavy atom. The van der Waals surface area contributed by atoms with Crippen molar-refractivity contribution >= 4 is 11.9 Å². The first-order valence-electron chi connectivity index (χ1n) is 24.2. The van der Waals surface area contributed by atoms with E-state index >= 15 is 0 Å². The highest BCUT2D eigenvalue weighted by Gasteiger charge is 2.14. The normalized spacial score (nSPS) is 11.6. The number of hydrogen-bond acceptors (Lipinski definition) is 6. The zero-order chi connectivity index (χ0) is 40.1. The Kier molecular flexibility index (Phi) is 44.5. The molecule has 0 heterocycles. The zero-order valence-electron chi connectivity index (χ0n) is 37.1. The molecule has 0 aliphatic carbocycles. The molecule has 6 nitrogen and oxygen atoms in total. The third kappa shape index (κ3) is 42.2. The van der Waals surface area contributed by atoms with E-state index in [1.807, 2.05) is 0 Å². The number of carbonyl (C=O) groups excluding carboxylic acids is 2. The van der Waals surface area contributed by atoms with E-state index in [9.17, 15) is 14.0 Å². The largest absolute Gasteiger partial charge is 0.466 e. The molecule has 0 atom stereocenters. The van der Waals surface area contributed by atoms with Crippen LogP contribution in [-0.4, -0.2) is 69.6 Å². The number of rotatable bonds is 46. The van der Waals surface area contributed by atoms with Crippen LogP contribution in [0, 0.1) is 0 Å². The fraction of sp³-hybridized carbons (Fsp3) is 0.958. The molecule has 0 aliphatic rings. The summed E-state index contributed by atoms with van der Waals surface area (Å²) in [7, 11) is 1.78. The number of hydrogen-bond donors (Lipinski definition) is 0. The lowest BCUT2D eigenvalue weighted by molar-refractivity contribution is -0.150. The van der Waals surface area contributed by atoms with Crippen LogP contribution in [0.5, 0.6) is 0 Å². The minimum Gasteiger partial charge on any atom is -0.466 e. The number of unbranched alkanes of at least 4 members (excludes halogenated alkanes) is 26. The lowest BCUT2D eigenvalue weighted by Crippen LogP contribution is -2.27. The molecule has 0 bridgehead atoms. The van der Waals surface area contributed by atoms with Crippen LogP contribution in [0.4, 0.5) is 4.39 Å². The van der Waals surface area contributed by atoms with Crippen molar-refractivity contribution in [2.24, 2.45) is 0 Å². The summed E-state index contributed by atoms with van der Waals surface area (Å²) in [4.78, 5) is 27.6. The van der Waals surface area contributed by atoms with Gasteiger partial charge in [0.2, 0.25) is 0 Å². The van der Waals surface area contributed by atoms with E-state index in [-0.39, 0.29) is 24.7 Å². The van der Waals surface area contributed by atoms with Crippen LogP contribution in [0.25, 0.3) is 0 Å². The van der Waals surface area contributed by atoms with Gasteiger partial charge in [0, 0.05) is 26.6 Å². The van der Waals surface area contributed by atoms with Crippen LogP contribution in [-0.2, 0) is 23.8 Å². The van der Waals surface area contributed by atoms with Gasteiger partial charge in [-0.05, 0) is 103 Å². The molecule has 0 aromatic heterocycles. The quantitative estimate of drug-likeness (QED) is 0.0452. The summed E-state index contributed by atoms with van der Waals surface area (Å²) in [6.45, 7) is 9.10. The molecule has 0 aromatic carbocycles.